The van der Waals surface area contributed by atoms with E-state index in [-0.39, 0.29) is 0 Å². The Morgan fingerprint density at radius 3 is 2.04 bits per heavy atom. The quantitative estimate of drug-likeness (QED) is 0.434. The molecule has 0 heterocycles. The fraction of sp³-hybridized carbons (Fsp3) is 0.125. The van der Waals surface area contributed by atoms with E-state index >= 15 is 0 Å². The number of amides is 1. The second kappa shape index (κ2) is 8.00. The minimum atomic E-state index is -4.76. The average Bonchev–Trinajstić information content (AvgIpc) is 2.60. The van der Waals surface area contributed by atoms with Gasteiger partial charge in [0.1, 0.15) is 5.56 Å². The molecule has 0 aliphatic heterocycles. The molecular weight excluding hydrogens is 417 g/mol. The summed E-state index contributed by atoms with van der Waals surface area (Å²) in [7, 11) is 0.747. The minimum absolute atomic E-state index is 0.562. The number of hydrogen-bond acceptors (Lipinski definition) is 3. The van der Waals surface area contributed by atoms with Crippen molar-refractivity contribution in [3.8, 4) is 5.75 Å². The maximum Gasteiger partial charge on any atom is 0.418 e. The number of rotatable bonds is 3. The van der Waals surface area contributed by atoms with Crippen LogP contribution in [0.4, 0.5) is 36.4 Å². The second-order valence-electron chi connectivity index (χ2n) is 5.12. The molecule has 0 aliphatic rings. The van der Waals surface area contributed by atoms with Gasteiger partial charge in [-0.1, -0.05) is 12.1 Å². The van der Waals surface area contributed by atoms with Crippen molar-refractivity contribution in [2.24, 2.45) is 0 Å². The molecule has 0 spiro atoms. The molecule has 0 bridgehead atoms. The van der Waals surface area contributed by atoms with Crippen LogP contribution in [0.15, 0.2) is 24.3 Å². The Hall–Kier alpha value is -2.89. The maximum atomic E-state index is 13.9. The summed E-state index contributed by atoms with van der Waals surface area (Å²) < 4.78 is 98.1. The number of alkyl halides is 3. The molecule has 2 rings (SSSR count). The summed E-state index contributed by atoms with van der Waals surface area (Å²) in [5.74, 6) is -11.2. The van der Waals surface area contributed by atoms with Gasteiger partial charge < -0.3 is 10.1 Å². The highest BCUT2D eigenvalue weighted by atomic mass is 32.1. The van der Waals surface area contributed by atoms with Crippen LogP contribution in [0.1, 0.15) is 15.9 Å². The van der Waals surface area contributed by atoms with Crippen molar-refractivity contribution in [1.29, 1.82) is 0 Å². The second-order valence-corrected chi connectivity index (χ2v) is 5.52. The third-order valence-electron chi connectivity index (χ3n) is 3.36. The number of benzene rings is 2. The van der Waals surface area contributed by atoms with E-state index in [9.17, 15) is 35.5 Å². The van der Waals surface area contributed by atoms with Gasteiger partial charge in [-0.2, -0.15) is 22.0 Å². The summed E-state index contributed by atoms with van der Waals surface area (Å²) in [6, 6.07) is 4.04. The molecule has 0 saturated carbocycles. The van der Waals surface area contributed by atoms with Crippen LogP contribution in [-0.4, -0.2) is 18.1 Å². The van der Waals surface area contributed by atoms with Crippen LogP contribution in [0.25, 0.3) is 0 Å². The summed E-state index contributed by atoms with van der Waals surface area (Å²) >= 11 is 4.63. The summed E-state index contributed by atoms with van der Waals surface area (Å²) in [5, 5.41) is 2.89. The molecule has 0 atom stereocenters. The van der Waals surface area contributed by atoms with Crippen molar-refractivity contribution in [1.82, 2.24) is 5.32 Å². The predicted molar refractivity (Wildman–Crippen MR) is 88.0 cm³/mol. The van der Waals surface area contributed by atoms with Crippen molar-refractivity contribution in [2.45, 2.75) is 6.18 Å². The van der Waals surface area contributed by atoms with Crippen molar-refractivity contribution in [3.63, 3.8) is 0 Å². The van der Waals surface area contributed by atoms with Gasteiger partial charge in [0.25, 0.3) is 5.91 Å². The molecule has 0 aromatic heterocycles. The number of para-hydroxylation sites is 1. The van der Waals surface area contributed by atoms with E-state index in [4.69, 9.17) is 0 Å². The molecule has 4 nitrogen and oxygen atoms in total. The van der Waals surface area contributed by atoms with Gasteiger partial charge in [0.05, 0.1) is 18.4 Å². The summed E-state index contributed by atoms with van der Waals surface area (Å²) in [6.45, 7) is 0. The fourth-order valence-corrected chi connectivity index (χ4v) is 2.35. The number of ether oxygens (including phenoxy) is 1. The summed E-state index contributed by atoms with van der Waals surface area (Å²) in [4.78, 5) is 12.0. The highest BCUT2D eigenvalue weighted by Gasteiger charge is 2.34. The van der Waals surface area contributed by atoms with Crippen LogP contribution in [0.5, 0.6) is 5.75 Å². The lowest BCUT2D eigenvalue weighted by molar-refractivity contribution is -0.136. The maximum absolute atomic E-state index is 13.9. The first kappa shape index (κ1) is 21.4. The van der Waals surface area contributed by atoms with Crippen molar-refractivity contribution >= 4 is 28.9 Å². The number of hydrogen-bond donors (Lipinski definition) is 2. The molecular formula is C16H9F7N2O2S. The van der Waals surface area contributed by atoms with Crippen LogP contribution in [0, 0.1) is 23.3 Å². The third kappa shape index (κ3) is 4.16. The number of carbonyl (C=O) groups excluding carboxylic acids is 1. The molecule has 0 aliphatic carbocycles. The minimum Gasteiger partial charge on any atom is -0.491 e. The smallest absolute Gasteiger partial charge is 0.418 e. The standard InChI is InChI=1S/C16H9F7N2O2S/c1-27-13-11(19)9(17)8(10(18)12(13)20)14(26)25-15(28)24-7-5-3-2-4-6(7)16(21,22)23/h2-5H,1H3,(H2,24,25,26,28). The van der Waals surface area contributed by atoms with E-state index in [2.05, 4.69) is 17.0 Å². The topological polar surface area (TPSA) is 50.4 Å². The average molecular weight is 426 g/mol. The first-order chi connectivity index (χ1) is 13.0. The number of anilines is 1. The highest BCUT2D eigenvalue weighted by molar-refractivity contribution is 7.80. The van der Waals surface area contributed by atoms with Crippen molar-refractivity contribution in [2.75, 3.05) is 12.4 Å². The summed E-state index contributed by atoms with van der Waals surface area (Å²) in [5.41, 5.74) is -3.36. The molecule has 0 fully saturated rings. The normalized spacial score (nSPS) is 11.1. The van der Waals surface area contributed by atoms with E-state index in [0.29, 0.717) is 0 Å². The lowest BCUT2D eigenvalue weighted by Crippen LogP contribution is -2.36. The first-order valence-electron chi connectivity index (χ1n) is 7.17. The van der Waals surface area contributed by atoms with E-state index in [1.54, 1.807) is 5.32 Å². The van der Waals surface area contributed by atoms with E-state index in [0.717, 1.165) is 25.3 Å². The van der Waals surface area contributed by atoms with Crippen LogP contribution in [-0.2, 0) is 6.18 Å². The van der Waals surface area contributed by atoms with Crippen LogP contribution >= 0.6 is 12.2 Å². The zero-order valence-corrected chi connectivity index (χ0v) is 14.5. The number of thiocarbonyl (C=S) groups is 1. The number of carbonyl (C=O) groups is 1. The van der Waals surface area contributed by atoms with Gasteiger partial charge >= 0.3 is 6.18 Å². The Morgan fingerprint density at radius 1 is 1.00 bits per heavy atom. The van der Waals surface area contributed by atoms with Crippen LogP contribution in [0.3, 0.4) is 0 Å². The Bertz CT molecular complexity index is 918. The van der Waals surface area contributed by atoms with Crippen molar-refractivity contribution < 1.29 is 40.3 Å². The molecule has 12 heteroatoms. The van der Waals surface area contributed by atoms with Gasteiger partial charge in [0.2, 0.25) is 11.6 Å². The Labute approximate surface area is 158 Å². The van der Waals surface area contributed by atoms with Gasteiger partial charge in [-0.3, -0.25) is 10.1 Å². The highest BCUT2D eigenvalue weighted by Crippen LogP contribution is 2.34. The summed E-state index contributed by atoms with van der Waals surface area (Å²) in [6.07, 6.45) is -4.76. The zero-order chi connectivity index (χ0) is 21.2. The number of halogens is 7. The van der Waals surface area contributed by atoms with E-state index < -0.39 is 63.0 Å². The lowest BCUT2D eigenvalue weighted by Gasteiger charge is -2.16. The predicted octanol–water partition coefficient (Wildman–Crippen LogP) is 4.40. The molecule has 2 aromatic carbocycles. The van der Waals surface area contributed by atoms with Crippen molar-refractivity contribution in [3.05, 3.63) is 58.7 Å². The van der Waals surface area contributed by atoms with E-state index in [1.165, 1.54) is 6.07 Å². The molecule has 0 radical (unpaired) electrons. The third-order valence-corrected chi connectivity index (χ3v) is 3.57. The Kier molecular flexibility index (Phi) is 6.12. The van der Waals surface area contributed by atoms with E-state index in [1.807, 2.05) is 5.32 Å². The van der Waals surface area contributed by atoms with Gasteiger partial charge in [0, 0.05) is 0 Å². The SMILES string of the molecule is COc1c(F)c(F)c(C(=O)NC(=S)Nc2ccccc2C(F)(F)F)c(F)c1F. The molecule has 2 N–H and O–H groups in total. The molecule has 1 amide bonds. The largest absolute Gasteiger partial charge is 0.491 e. The molecule has 0 saturated heterocycles. The first-order valence-corrected chi connectivity index (χ1v) is 7.58. The lowest BCUT2D eigenvalue weighted by atomic mass is 10.1. The molecule has 28 heavy (non-hydrogen) atoms. The molecule has 0 unspecified atom stereocenters. The molecule has 2 aromatic rings. The van der Waals surface area contributed by atoms with Crippen LogP contribution < -0.4 is 15.4 Å². The Balaban J connectivity index is 2.29. The monoisotopic (exact) mass is 426 g/mol. The Morgan fingerprint density at radius 2 is 1.54 bits per heavy atom. The number of methoxy groups -OCH3 is 1. The van der Waals surface area contributed by atoms with Crippen LogP contribution in [0.2, 0.25) is 0 Å². The fourth-order valence-electron chi connectivity index (χ4n) is 2.15. The van der Waals surface area contributed by atoms with Gasteiger partial charge in [-0.15, -0.1) is 0 Å². The molecule has 150 valence electrons. The number of nitrogens with one attached hydrogen (secondary N) is 2. The van der Waals surface area contributed by atoms with Gasteiger partial charge in [-0.25, -0.2) is 8.78 Å². The van der Waals surface area contributed by atoms with Gasteiger partial charge in [-0.05, 0) is 24.4 Å². The van der Waals surface area contributed by atoms with Gasteiger partial charge in [0.15, 0.2) is 22.5 Å². The zero-order valence-electron chi connectivity index (χ0n) is 13.7.